The van der Waals surface area contributed by atoms with E-state index in [-0.39, 0.29) is 34.0 Å². The van der Waals surface area contributed by atoms with Crippen molar-refractivity contribution >= 4 is 23.6 Å². The number of carbonyl (C=O) groups is 1. The Hall–Kier alpha value is -1.98. The highest BCUT2D eigenvalue weighted by Crippen LogP contribution is 2.41. The lowest BCUT2D eigenvalue weighted by Crippen LogP contribution is -2.00. The van der Waals surface area contributed by atoms with E-state index in [0.717, 1.165) is 24.0 Å². The summed E-state index contributed by atoms with van der Waals surface area (Å²) < 4.78 is 0. The zero-order valence-electron chi connectivity index (χ0n) is 15.0. The van der Waals surface area contributed by atoms with E-state index in [1.54, 1.807) is 13.8 Å². The number of hydrogen-bond acceptors (Lipinski definition) is 5. The lowest BCUT2D eigenvalue weighted by Gasteiger charge is -2.12. The molecular weight excluding hydrogens is 342 g/mol. The van der Waals surface area contributed by atoms with Gasteiger partial charge in [-0.1, -0.05) is 29.3 Å². The fraction of sp³-hybridized carbons (Fsp3) is 0.421. The fourth-order valence-electron chi connectivity index (χ4n) is 2.40. The zero-order chi connectivity index (χ0) is 19.1. The first-order chi connectivity index (χ1) is 11.7. The second-order valence-electron chi connectivity index (χ2n) is 6.15. The number of carbonyl (C=O) groups excluding carboxylic acids is 1. The van der Waals surface area contributed by atoms with E-state index >= 15 is 0 Å². The Morgan fingerprint density at radius 2 is 1.96 bits per heavy atom. The minimum Gasteiger partial charge on any atom is -0.506 e. The number of aromatic hydroxyl groups is 1. The first kappa shape index (κ1) is 21.1. The first-order valence-corrected chi connectivity index (χ1v) is 8.45. The summed E-state index contributed by atoms with van der Waals surface area (Å²) in [4.78, 5) is 22.4. The number of phenolic OH excluding ortho intramolecular Hbond substituents is 1. The number of nitrogens with zero attached hydrogens (tertiary/aromatic N) is 1. The van der Waals surface area contributed by atoms with Crippen LogP contribution in [0.1, 0.15) is 55.1 Å². The molecule has 0 aliphatic rings. The van der Waals surface area contributed by atoms with E-state index in [4.69, 9.17) is 11.6 Å². The van der Waals surface area contributed by atoms with E-state index in [1.807, 2.05) is 26.0 Å². The summed E-state index contributed by atoms with van der Waals surface area (Å²) in [7, 11) is 0. The molecule has 0 aliphatic carbocycles. The van der Waals surface area contributed by atoms with Gasteiger partial charge in [0.15, 0.2) is 6.29 Å². The molecule has 2 N–H and O–H groups in total. The number of nitroso groups, excluding NO2 is 1. The molecule has 1 aromatic carbocycles. The van der Waals surface area contributed by atoms with Gasteiger partial charge in [0.05, 0.1) is 11.1 Å². The van der Waals surface area contributed by atoms with E-state index in [0.29, 0.717) is 11.8 Å². The Labute approximate surface area is 153 Å². The highest BCUT2D eigenvalue weighted by Gasteiger charge is 2.20. The van der Waals surface area contributed by atoms with Crippen molar-refractivity contribution in [2.75, 3.05) is 0 Å². The number of hydrogen-bond donors (Lipinski definition) is 2. The standard InChI is InChI=1S/C19H24ClNO4/c1-11(6-5-7-12(2)14(4)23)8-9-15-18(21-25)16(10-22)13(3)17(20)19(15)24/h7-8,10,14,23-24H,5-6,9H2,1-4H3/b11-8+,12-7+. The molecule has 1 aromatic rings. The molecule has 1 atom stereocenters. The number of halogens is 1. The molecule has 6 heteroatoms. The van der Waals surface area contributed by atoms with E-state index in [2.05, 4.69) is 5.18 Å². The monoisotopic (exact) mass is 365 g/mol. The minimum atomic E-state index is -0.459. The van der Waals surface area contributed by atoms with Gasteiger partial charge in [0.1, 0.15) is 11.4 Å². The van der Waals surface area contributed by atoms with Crippen molar-refractivity contribution < 1.29 is 15.0 Å². The van der Waals surface area contributed by atoms with Gasteiger partial charge in [-0.05, 0) is 63.3 Å². The SMILES string of the molecule is C/C(=C\Cc1c(O)c(Cl)c(C)c(C=O)c1N=O)CC/C=C(\C)C(C)O. The summed E-state index contributed by atoms with van der Waals surface area (Å²) in [6.07, 6.45) is 5.71. The number of rotatable bonds is 8. The number of aldehydes is 1. The van der Waals surface area contributed by atoms with Gasteiger partial charge in [-0.15, -0.1) is 4.91 Å². The van der Waals surface area contributed by atoms with Crippen LogP contribution in [0.15, 0.2) is 28.5 Å². The Morgan fingerprint density at radius 1 is 1.32 bits per heavy atom. The maximum absolute atomic E-state index is 11.2. The molecule has 0 spiro atoms. The number of aliphatic hydroxyl groups is 1. The van der Waals surface area contributed by atoms with Crippen LogP contribution in [0.4, 0.5) is 5.69 Å². The molecule has 0 saturated heterocycles. The van der Waals surface area contributed by atoms with Crippen molar-refractivity contribution in [3.05, 3.63) is 49.9 Å². The van der Waals surface area contributed by atoms with Crippen LogP contribution in [-0.2, 0) is 6.42 Å². The van der Waals surface area contributed by atoms with Crippen molar-refractivity contribution in [1.82, 2.24) is 0 Å². The predicted octanol–water partition coefficient (Wildman–Crippen LogP) is 5.16. The third kappa shape index (κ3) is 5.25. The summed E-state index contributed by atoms with van der Waals surface area (Å²) >= 11 is 6.05. The van der Waals surface area contributed by atoms with Gasteiger partial charge in [-0.2, -0.15) is 0 Å². The number of aliphatic hydroxyl groups excluding tert-OH is 1. The summed E-state index contributed by atoms with van der Waals surface area (Å²) in [5.41, 5.74) is 2.60. The third-order valence-corrected chi connectivity index (χ3v) is 4.76. The molecule has 0 fully saturated rings. The van der Waals surface area contributed by atoms with Gasteiger partial charge in [0.25, 0.3) is 0 Å². The Bertz CT molecular complexity index is 721. The molecule has 25 heavy (non-hydrogen) atoms. The smallest absolute Gasteiger partial charge is 0.152 e. The molecule has 1 rings (SSSR count). The summed E-state index contributed by atoms with van der Waals surface area (Å²) in [5, 5.41) is 22.6. The average Bonchev–Trinajstić information content (AvgIpc) is 2.58. The lowest BCUT2D eigenvalue weighted by molar-refractivity contribution is 0.112. The van der Waals surface area contributed by atoms with Crippen LogP contribution in [-0.4, -0.2) is 22.6 Å². The molecule has 0 aliphatic heterocycles. The summed E-state index contributed by atoms with van der Waals surface area (Å²) in [5.74, 6) is -0.215. The summed E-state index contributed by atoms with van der Waals surface area (Å²) in [6, 6.07) is 0. The van der Waals surface area contributed by atoms with Crippen LogP contribution in [0.5, 0.6) is 5.75 Å². The first-order valence-electron chi connectivity index (χ1n) is 8.07. The van der Waals surface area contributed by atoms with Gasteiger partial charge >= 0.3 is 0 Å². The fourth-order valence-corrected chi connectivity index (χ4v) is 2.61. The molecule has 136 valence electrons. The van der Waals surface area contributed by atoms with E-state index in [1.165, 1.54) is 0 Å². The molecule has 1 unspecified atom stereocenters. The molecule has 0 saturated carbocycles. The summed E-state index contributed by atoms with van der Waals surface area (Å²) in [6.45, 7) is 7.09. The third-order valence-electron chi connectivity index (χ3n) is 4.30. The molecule has 0 aromatic heterocycles. The topological polar surface area (TPSA) is 87.0 Å². The van der Waals surface area contributed by atoms with Crippen molar-refractivity contribution in [2.24, 2.45) is 5.18 Å². The van der Waals surface area contributed by atoms with Gasteiger partial charge in [-0.3, -0.25) is 4.79 Å². The maximum atomic E-state index is 11.2. The van der Waals surface area contributed by atoms with Crippen molar-refractivity contribution in [3.63, 3.8) is 0 Å². The second kappa shape index (κ2) is 9.49. The van der Waals surface area contributed by atoms with Gasteiger partial charge in [-0.25, -0.2) is 0 Å². The minimum absolute atomic E-state index is 0.0612. The van der Waals surface area contributed by atoms with Crippen LogP contribution in [0.2, 0.25) is 5.02 Å². The molecule has 0 radical (unpaired) electrons. The van der Waals surface area contributed by atoms with E-state index < -0.39 is 6.10 Å². The number of allylic oxidation sites excluding steroid dienone is 3. The maximum Gasteiger partial charge on any atom is 0.152 e. The largest absolute Gasteiger partial charge is 0.506 e. The number of phenols is 1. The van der Waals surface area contributed by atoms with Crippen molar-refractivity contribution in [2.45, 2.75) is 53.1 Å². The van der Waals surface area contributed by atoms with Crippen molar-refractivity contribution in [1.29, 1.82) is 0 Å². The average molecular weight is 366 g/mol. The van der Waals surface area contributed by atoms with Gasteiger partial charge in [0.2, 0.25) is 0 Å². The highest BCUT2D eigenvalue weighted by molar-refractivity contribution is 6.33. The van der Waals surface area contributed by atoms with E-state index in [9.17, 15) is 19.9 Å². The molecule has 5 nitrogen and oxygen atoms in total. The molecule has 0 heterocycles. The van der Waals surface area contributed by atoms with Crippen LogP contribution in [0, 0.1) is 11.8 Å². The Morgan fingerprint density at radius 3 is 2.48 bits per heavy atom. The molecule has 0 bridgehead atoms. The predicted molar refractivity (Wildman–Crippen MR) is 101 cm³/mol. The lowest BCUT2D eigenvalue weighted by atomic mass is 9.98. The molecule has 0 amide bonds. The number of benzene rings is 1. The quantitative estimate of drug-likeness (QED) is 0.378. The van der Waals surface area contributed by atoms with Gasteiger partial charge in [0, 0.05) is 11.1 Å². The van der Waals surface area contributed by atoms with Crippen LogP contribution in [0.3, 0.4) is 0 Å². The van der Waals surface area contributed by atoms with Crippen LogP contribution in [0.25, 0.3) is 0 Å². The normalized spacial score (nSPS) is 13.7. The Balaban J connectivity index is 3.03. The van der Waals surface area contributed by atoms with Crippen LogP contribution >= 0.6 is 11.6 Å². The van der Waals surface area contributed by atoms with Crippen LogP contribution < -0.4 is 0 Å². The second-order valence-corrected chi connectivity index (χ2v) is 6.53. The van der Waals surface area contributed by atoms with Gasteiger partial charge < -0.3 is 10.2 Å². The molecular formula is C19H24ClNO4. The zero-order valence-corrected chi connectivity index (χ0v) is 15.7. The van der Waals surface area contributed by atoms with Crippen molar-refractivity contribution in [3.8, 4) is 5.75 Å². The highest BCUT2D eigenvalue weighted by atomic mass is 35.5. The Kier molecular flexibility index (Phi) is 8.00.